The summed E-state index contributed by atoms with van der Waals surface area (Å²) < 4.78 is 5.86. The van der Waals surface area contributed by atoms with E-state index in [0.29, 0.717) is 19.1 Å². The van der Waals surface area contributed by atoms with Gasteiger partial charge in [0.1, 0.15) is 12.4 Å². The van der Waals surface area contributed by atoms with Crippen LogP contribution in [-0.2, 0) is 11.4 Å². The summed E-state index contributed by atoms with van der Waals surface area (Å²) in [6, 6.07) is 16.1. The topological polar surface area (TPSA) is 50.4 Å². The van der Waals surface area contributed by atoms with Gasteiger partial charge in [0.2, 0.25) is 5.91 Å². The van der Waals surface area contributed by atoms with Gasteiger partial charge in [0, 0.05) is 24.2 Å². The molecule has 1 saturated heterocycles. The van der Waals surface area contributed by atoms with E-state index in [1.165, 1.54) is 11.1 Å². The molecule has 0 bridgehead atoms. The van der Waals surface area contributed by atoms with Gasteiger partial charge in [-0.2, -0.15) is 0 Å². The molecule has 25 heavy (non-hydrogen) atoms. The Bertz CT molecular complexity index is 700. The fourth-order valence-corrected chi connectivity index (χ4v) is 2.96. The fourth-order valence-electron chi connectivity index (χ4n) is 2.96. The zero-order valence-electron chi connectivity index (χ0n) is 14.5. The number of ether oxygens (including phenoxy) is 1. The minimum atomic E-state index is 0. The monoisotopic (exact) mass is 360 g/mol. The van der Waals surface area contributed by atoms with E-state index in [0.717, 1.165) is 30.8 Å². The van der Waals surface area contributed by atoms with Crippen molar-refractivity contribution in [3.63, 3.8) is 0 Å². The Morgan fingerprint density at radius 2 is 2.08 bits per heavy atom. The highest BCUT2D eigenvalue weighted by molar-refractivity contribution is 5.91. The second kappa shape index (κ2) is 9.44. The summed E-state index contributed by atoms with van der Waals surface area (Å²) in [5, 5.41) is 6.30. The molecule has 2 aromatic rings. The first-order chi connectivity index (χ1) is 11.7. The summed E-state index contributed by atoms with van der Waals surface area (Å²) in [5.41, 5.74) is 3.16. The van der Waals surface area contributed by atoms with E-state index in [4.69, 9.17) is 4.74 Å². The lowest BCUT2D eigenvalue weighted by Gasteiger charge is -2.12. The summed E-state index contributed by atoms with van der Waals surface area (Å²) in [4.78, 5) is 12.1. The van der Waals surface area contributed by atoms with Crippen LogP contribution in [0.25, 0.3) is 0 Å². The third-order valence-corrected chi connectivity index (χ3v) is 4.37. The quantitative estimate of drug-likeness (QED) is 0.816. The molecule has 1 amide bonds. The Kier molecular flexibility index (Phi) is 7.29. The number of amides is 1. The Morgan fingerprint density at radius 3 is 2.84 bits per heavy atom. The van der Waals surface area contributed by atoms with E-state index in [-0.39, 0.29) is 18.3 Å². The SMILES string of the molecule is Cc1ccccc1COc1cccc(NC(=O)CC2CCCN2)c1.Cl. The van der Waals surface area contributed by atoms with Crippen molar-refractivity contribution in [2.45, 2.75) is 38.8 Å². The van der Waals surface area contributed by atoms with Crippen molar-refractivity contribution in [3.05, 3.63) is 59.7 Å². The number of anilines is 1. The van der Waals surface area contributed by atoms with Crippen LogP contribution in [0.4, 0.5) is 5.69 Å². The molecule has 1 aliphatic rings. The zero-order chi connectivity index (χ0) is 16.8. The standard InChI is InChI=1S/C20H24N2O2.ClH/c1-15-6-2-3-7-16(15)14-24-19-10-4-8-18(12-19)22-20(23)13-17-9-5-11-21-17;/h2-4,6-8,10,12,17,21H,5,9,11,13-14H2,1H3,(H,22,23);1H. The average molecular weight is 361 g/mol. The Labute approximate surface area is 155 Å². The molecule has 1 unspecified atom stereocenters. The van der Waals surface area contributed by atoms with Crippen molar-refractivity contribution in [1.82, 2.24) is 5.32 Å². The Hall–Kier alpha value is -2.04. The molecule has 0 aromatic heterocycles. The summed E-state index contributed by atoms with van der Waals surface area (Å²) >= 11 is 0. The first-order valence-electron chi connectivity index (χ1n) is 8.51. The van der Waals surface area contributed by atoms with Crippen LogP contribution >= 0.6 is 12.4 Å². The predicted molar refractivity (Wildman–Crippen MR) is 103 cm³/mol. The predicted octanol–water partition coefficient (Wildman–Crippen LogP) is 4.08. The van der Waals surface area contributed by atoms with Gasteiger partial charge in [0.25, 0.3) is 0 Å². The number of hydrogen-bond acceptors (Lipinski definition) is 3. The molecule has 1 aliphatic heterocycles. The molecular weight excluding hydrogens is 336 g/mol. The van der Waals surface area contributed by atoms with Crippen LogP contribution in [0.15, 0.2) is 48.5 Å². The number of nitrogens with one attached hydrogen (secondary N) is 2. The van der Waals surface area contributed by atoms with E-state index in [9.17, 15) is 4.79 Å². The van der Waals surface area contributed by atoms with Crippen LogP contribution in [-0.4, -0.2) is 18.5 Å². The van der Waals surface area contributed by atoms with E-state index < -0.39 is 0 Å². The highest BCUT2D eigenvalue weighted by Gasteiger charge is 2.17. The summed E-state index contributed by atoms with van der Waals surface area (Å²) in [5.74, 6) is 0.806. The molecule has 1 atom stereocenters. The minimum Gasteiger partial charge on any atom is -0.489 e. The Morgan fingerprint density at radius 1 is 1.24 bits per heavy atom. The van der Waals surface area contributed by atoms with Crippen LogP contribution in [0, 0.1) is 6.92 Å². The molecule has 2 aromatic carbocycles. The smallest absolute Gasteiger partial charge is 0.225 e. The molecule has 5 heteroatoms. The molecule has 0 aliphatic carbocycles. The maximum absolute atomic E-state index is 12.1. The van der Waals surface area contributed by atoms with Crippen molar-refractivity contribution in [2.75, 3.05) is 11.9 Å². The van der Waals surface area contributed by atoms with Crippen molar-refractivity contribution in [1.29, 1.82) is 0 Å². The molecule has 0 radical (unpaired) electrons. The van der Waals surface area contributed by atoms with E-state index in [2.05, 4.69) is 29.7 Å². The van der Waals surface area contributed by atoms with Crippen LogP contribution in [0.2, 0.25) is 0 Å². The second-order valence-corrected chi connectivity index (χ2v) is 6.29. The lowest BCUT2D eigenvalue weighted by Crippen LogP contribution is -2.27. The zero-order valence-corrected chi connectivity index (χ0v) is 15.3. The van der Waals surface area contributed by atoms with Crippen molar-refractivity contribution in [2.24, 2.45) is 0 Å². The maximum Gasteiger partial charge on any atom is 0.225 e. The lowest BCUT2D eigenvalue weighted by molar-refractivity contribution is -0.116. The van der Waals surface area contributed by atoms with Crippen LogP contribution in [0.5, 0.6) is 5.75 Å². The largest absolute Gasteiger partial charge is 0.489 e. The highest BCUT2D eigenvalue weighted by atomic mass is 35.5. The maximum atomic E-state index is 12.1. The van der Waals surface area contributed by atoms with Gasteiger partial charge in [-0.05, 0) is 49.6 Å². The van der Waals surface area contributed by atoms with E-state index in [1.54, 1.807) is 0 Å². The number of carbonyl (C=O) groups is 1. The van der Waals surface area contributed by atoms with Gasteiger partial charge in [-0.25, -0.2) is 0 Å². The van der Waals surface area contributed by atoms with Crippen LogP contribution in [0.3, 0.4) is 0 Å². The molecule has 134 valence electrons. The van der Waals surface area contributed by atoms with Gasteiger partial charge in [-0.15, -0.1) is 12.4 Å². The molecule has 3 rings (SSSR count). The number of aryl methyl sites for hydroxylation is 1. The van der Waals surface area contributed by atoms with Crippen LogP contribution in [0.1, 0.15) is 30.4 Å². The number of hydrogen-bond donors (Lipinski definition) is 2. The van der Waals surface area contributed by atoms with Crippen molar-refractivity contribution in [3.8, 4) is 5.75 Å². The average Bonchev–Trinajstić information content (AvgIpc) is 3.07. The molecule has 1 heterocycles. The third-order valence-electron chi connectivity index (χ3n) is 4.37. The van der Waals surface area contributed by atoms with Gasteiger partial charge >= 0.3 is 0 Å². The summed E-state index contributed by atoms with van der Waals surface area (Å²) in [6.45, 7) is 3.61. The van der Waals surface area contributed by atoms with Gasteiger partial charge in [0.05, 0.1) is 0 Å². The molecule has 0 spiro atoms. The third kappa shape index (κ3) is 5.76. The number of benzene rings is 2. The van der Waals surface area contributed by atoms with Gasteiger partial charge in [-0.1, -0.05) is 30.3 Å². The molecule has 1 fully saturated rings. The molecule has 2 N–H and O–H groups in total. The van der Waals surface area contributed by atoms with Crippen molar-refractivity contribution < 1.29 is 9.53 Å². The van der Waals surface area contributed by atoms with Gasteiger partial charge < -0.3 is 15.4 Å². The number of carbonyl (C=O) groups excluding carboxylic acids is 1. The van der Waals surface area contributed by atoms with Gasteiger partial charge in [-0.3, -0.25) is 4.79 Å². The molecule has 4 nitrogen and oxygen atoms in total. The van der Waals surface area contributed by atoms with Crippen LogP contribution < -0.4 is 15.4 Å². The first-order valence-corrected chi connectivity index (χ1v) is 8.51. The second-order valence-electron chi connectivity index (χ2n) is 6.29. The normalized spacial score (nSPS) is 16.1. The lowest BCUT2D eigenvalue weighted by atomic mass is 10.1. The molecule has 0 saturated carbocycles. The summed E-state index contributed by atoms with van der Waals surface area (Å²) in [7, 11) is 0. The first kappa shape index (κ1) is 19.3. The highest BCUT2D eigenvalue weighted by Crippen LogP contribution is 2.20. The van der Waals surface area contributed by atoms with Gasteiger partial charge in [0.15, 0.2) is 0 Å². The number of rotatable bonds is 6. The van der Waals surface area contributed by atoms with E-state index in [1.807, 2.05) is 36.4 Å². The fraction of sp³-hybridized carbons (Fsp3) is 0.350. The summed E-state index contributed by atoms with van der Waals surface area (Å²) in [6.07, 6.45) is 2.75. The minimum absolute atomic E-state index is 0. The number of halogens is 1. The Balaban J connectivity index is 0.00000225. The van der Waals surface area contributed by atoms with E-state index >= 15 is 0 Å². The molecular formula is C20H25ClN2O2. The van der Waals surface area contributed by atoms with Crippen molar-refractivity contribution >= 4 is 24.0 Å².